The molecule has 2 aromatic rings. The van der Waals surface area contributed by atoms with Crippen LogP contribution in [0.3, 0.4) is 0 Å². The Bertz CT molecular complexity index is 668. The summed E-state index contributed by atoms with van der Waals surface area (Å²) in [6, 6.07) is 2.22. The lowest BCUT2D eigenvalue weighted by atomic mass is 10.2. The molecule has 0 spiro atoms. The normalized spacial score (nSPS) is 25.4. The third-order valence-corrected chi connectivity index (χ3v) is 3.78. The van der Waals surface area contributed by atoms with Gasteiger partial charge < -0.3 is 14.7 Å². The Morgan fingerprint density at radius 2 is 2.42 bits per heavy atom. The summed E-state index contributed by atoms with van der Waals surface area (Å²) in [6.45, 7) is 1.55. The second kappa shape index (κ2) is 3.67. The summed E-state index contributed by atoms with van der Waals surface area (Å²) in [6.07, 6.45) is 4.38. The number of morpholine rings is 1. The molecule has 4 rings (SSSR count). The number of carboxylic acids is 1. The van der Waals surface area contributed by atoms with Gasteiger partial charge >= 0.3 is 5.97 Å². The van der Waals surface area contributed by atoms with E-state index in [1.54, 1.807) is 6.20 Å². The Hall–Kier alpha value is -2.15. The molecule has 2 aliphatic heterocycles. The van der Waals surface area contributed by atoms with Gasteiger partial charge in [-0.05, 0) is 12.5 Å². The summed E-state index contributed by atoms with van der Waals surface area (Å²) in [5, 5.41) is 13.1. The van der Waals surface area contributed by atoms with Crippen LogP contribution >= 0.6 is 0 Å². The first-order valence-electron chi connectivity index (χ1n) is 6.18. The molecule has 2 bridgehead atoms. The molecule has 0 saturated carbocycles. The van der Waals surface area contributed by atoms with Gasteiger partial charge in [-0.15, -0.1) is 0 Å². The zero-order valence-corrected chi connectivity index (χ0v) is 10.1. The fourth-order valence-corrected chi connectivity index (χ4v) is 2.85. The number of anilines is 1. The van der Waals surface area contributed by atoms with Crippen molar-refractivity contribution in [3.8, 4) is 0 Å². The van der Waals surface area contributed by atoms with Crippen molar-refractivity contribution < 1.29 is 14.6 Å². The van der Waals surface area contributed by atoms with Crippen LogP contribution in [0.2, 0.25) is 0 Å². The summed E-state index contributed by atoms with van der Waals surface area (Å²) in [4.78, 5) is 17.7. The van der Waals surface area contributed by atoms with Crippen LogP contribution in [-0.4, -0.2) is 51.0 Å². The molecule has 4 heterocycles. The lowest BCUT2D eigenvalue weighted by Crippen LogP contribution is -2.37. The van der Waals surface area contributed by atoms with E-state index in [9.17, 15) is 4.79 Å². The minimum absolute atomic E-state index is 0.127. The van der Waals surface area contributed by atoms with Gasteiger partial charge in [0.2, 0.25) is 0 Å². The summed E-state index contributed by atoms with van der Waals surface area (Å²) in [5.41, 5.74) is 0.510. The van der Waals surface area contributed by atoms with Crippen molar-refractivity contribution in [1.82, 2.24) is 14.6 Å². The number of hydrogen-bond donors (Lipinski definition) is 1. The summed E-state index contributed by atoms with van der Waals surface area (Å²) < 4.78 is 7.04. The van der Waals surface area contributed by atoms with E-state index >= 15 is 0 Å². The molecule has 0 aromatic carbocycles. The number of aromatic carboxylic acids is 1. The highest BCUT2D eigenvalue weighted by Gasteiger charge is 2.39. The summed E-state index contributed by atoms with van der Waals surface area (Å²) in [5.74, 6) is -0.211. The highest BCUT2D eigenvalue weighted by atomic mass is 16.5. The van der Waals surface area contributed by atoms with Crippen molar-refractivity contribution in [2.45, 2.75) is 18.6 Å². The van der Waals surface area contributed by atoms with Crippen LogP contribution in [0.5, 0.6) is 0 Å². The van der Waals surface area contributed by atoms with Gasteiger partial charge in [-0.1, -0.05) is 0 Å². The van der Waals surface area contributed by atoms with Crippen LogP contribution < -0.4 is 4.90 Å². The molecule has 2 aliphatic rings. The second-order valence-corrected chi connectivity index (χ2v) is 4.91. The van der Waals surface area contributed by atoms with E-state index in [4.69, 9.17) is 9.84 Å². The van der Waals surface area contributed by atoms with Gasteiger partial charge in [-0.2, -0.15) is 5.10 Å². The first-order chi connectivity index (χ1) is 9.22. The molecule has 2 fully saturated rings. The third kappa shape index (κ3) is 1.51. The van der Waals surface area contributed by atoms with E-state index in [2.05, 4.69) is 15.0 Å². The van der Waals surface area contributed by atoms with E-state index in [1.807, 2.05) is 6.07 Å². The molecule has 0 unspecified atom stereocenters. The van der Waals surface area contributed by atoms with Gasteiger partial charge in [0.15, 0.2) is 5.65 Å². The lowest BCUT2D eigenvalue weighted by Gasteiger charge is -2.27. The SMILES string of the molecule is O=C(O)c1cnn2ccc(N3C[C@H]4C[C@@H]3CO4)nc12. The zero-order chi connectivity index (χ0) is 13.0. The van der Waals surface area contributed by atoms with Gasteiger partial charge in [0.1, 0.15) is 11.4 Å². The number of fused-ring (bicyclic) bond motifs is 3. The molecular formula is C12H12N4O3. The number of ether oxygens (including phenoxy) is 1. The minimum Gasteiger partial charge on any atom is -0.477 e. The maximum absolute atomic E-state index is 11.1. The Kier molecular flexibility index (Phi) is 2.08. The molecule has 2 saturated heterocycles. The minimum atomic E-state index is -1.01. The molecular weight excluding hydrogens is 248 g/mol. The molecule has 19 heavy (non-hydrogen) atoms. The lowest BCUT2D eigenvalue weighted by molar-refractivity contribution is 0.0698. The number of aromatic nitrogens is 3. The molecule has 7 nitrogen and oxygen atoms in total. The van der Waals surface area contributed by atoms with Crippen LogP contribution in [0.25, 0.3) is 5.65 Å². The topological polar surface area (TPSA) is 80.0 Å². The number of carboxylic acid groups (broad SMARTS) is 1. The molecule has 2 atom stereocenters. The maximum atomic E-state index is 11.1. The maximum Gasteiger partial charge on any atom is 0.341 e. The Labute approximate surface area is 108 Å². The van der Waals surface area contributed by atoms with Gasteiger partial charge in [0.25, 0.3) is 0 Å². The van der Waals surface area contributed by atoms with Crippen molar-refractivity contribution in [2.75, 3.05) is 18.1 Å². The molecule has 98 valence electrons. The number of hydrogen-bond acceptors (Lipinski definition) is 5. The molecule has 7 heteroatoms. The fourth-order valence-electron chi connectivity index (χ4n) is 2.85. The monoisotopic (exact) mass is 260 g/mol. The van der Waals surface area contributed by atoms with Gasteiger partial charge in [0, 0.05) is 12.7 Å². The van der Waals surface area contributed by atoms with Crippen molar-refractivity contribution in [2.24, 2.45) is 0 Å². The number of carbonyl (C=O) groups is 1. The summed E-state index contributed by atoms with van der Waals surface area (Å²) in [7, 11) is 0. The fraction of sp³-hybridized carbons (Fsp3) is 0.417. The number of nitrogens with zero attached hydrogens (tertiary/aromatic N) is 4. The van der Waals surface area contributed by atoms with Gasteiger partial charge in [-0.25, -0.2) is 14.3 Å². The molecule has 0 aliphatic carbocycles. The van der Waals surface area contributed by atoms with Crippen LogP contribution in [0, 0.1) is 0 Å². The third-order valence-electron chi connectivity index (χ3n) is 3.78. The highest BCUT2D eigenvalue weighted by molar-refractivity contribution is 5.94. The van der Waals surface area contributed by atoms with E-state index in [0.29, 0.717) is 11.7 Å². The van der Waals surface area contributed by atoms with E-state index < -0.39 is 5.97 Å². The van der Waals surface area contributed by atoms with Crippen molar-refractivity contribution in [3.05, 3.63) is 24.0 Å². The largest absolute Gasteiger partial charge is 0.477 e. The van der Waals surface area contributed by atoms with Crippen LogP contribution in [0.1, 0.15) is 16.8 Å². The van der Waals surface area contributed by atoms with Crippen molar-refractivity contribution in [1.29, 1.82) is 0 Å². The Morgan fingerprint density at radius 1 is 1.53 bits per heavy atom. The van der Waals surface area contributed by atoms with Crippen molar-refractivity contribution >= 4 is 17.4 Å². The standard InChI is InChI=1S/C12H12N4O3/c17-12(18)9-4-13-16-2-1-10(14-11(9)16)15-5-8-3-7(15)6-19-8/h1-2,4,7-8H,3,5-6H2,(H,17,18)/t7-,8-/m1/s1. The smallest absolute Gasteiger partial charge is 0.341 e. The first-order valence-corrected chi connectivity index (χ1v) is 6.18. The van der Waals surface area contributed by atoms with Crippen LogP contribution in [0.15, 0.2) is 18.5 Å². The Morgan fingerprint density at radius 3 is 3.11 bits per heavy atom. The quantitative estimate of drug-likeness (QED) is 0.842. The van der Waals surface area contributed by atoms with Gasteiger partial charge in [-0.3, -0.25) is 0 Å². The molecule has 2 aromatic heterocycles. The van der Waals surface area contributed by atoms with E-state index in [0.717, 1.165) is 25.4 Å². The van der Waals surface area contributed by atoms with Crippen molar-refractivity contribution in [3.63, 3.8) is 0 Å². The molecule has 1 N–H and O–H groups in total. The summed E-state index contributed by atoms with van der Waals surface area (Å²) >= 11 is 0. The van der Waals surface area contributed by atoms with E-state index in [-0.39, 0.29) is 11.7 Å². The zero-order valence-electron chi connectivity index (χ0n) is 10.1. The average Bonchev–Trinajstić information content (AvgIpc) is 3.12. The van der Waals surface area contributed by atoms with Gasteiger partial charge in [0.05, 0.1) is 24.9 Å². The molecule has 0 radical (unpaired) electrons. The predicted molar refractivity (Wildman–Crippen MR) is 65.4 cm³/mol. The van der Waals surface area contributed by atoms with Crippen LogP contribution in [0.4, 0.5) is 5.82 Å². The average molecular weight is 260 g/mol. The highest BCUT2D eigenvalue weighted by Crippen LogP contribution is 2.31. The second-order valence-electron chi connectivity index (χ2n) is 4.91. The van der Waals surface area contributed by atoms with E-state index in [1.165, 1.54) is 10.7 Å². The first kappa shape index (κ1) is 10.7. The predicted octanol–water partition coefficient (Wildman–Crippen LogP) is 0.405. The number of rotatable bonds is 2. The van der Waals surface area contributed by atoms with Crippen LogP contribution in [-0.2, 0) is 4.74 Å². The Balaban J connectivity index is 1.79. The molecule has 0 amide bonds.